The van der Waals surface area contributed by atoms with Crippen LogP contribution in [0.5, 0.6) is 0 Å². The fourth-order valence-electron chi connectivity index (χ4n) is 4.33. The number of H-pyrrole nitrogens is 2. The Balaban J connectivity index is 0.000000263. The normalized spacial score (nSPS) is 14.9. The highest BCUT2D eigenvalue weighted by molar-refractivity contribution is 5.93. The lowest BCUT2D eigenvalue weighted by atomic mass is 9.98. The van der Waals surface area contributed by atoms with E-state index in [0.717, 1.165) is 51.4 Å². The molecular formula is C28H42N8O9. The lowest BCUT2D eigenvalue weighted by Gasteiger charge is -2.21. The number of carbonyl (C=O) groups is 4. The molecule has 2 heterocycles. The number of nitrogens with one attached hydrogen (secondary N) is 2. The number of carboxylic acid groups (broad SMARTS) is 1. The van der Waals surface area contributed by atoms with Crippen LogP contribution in [0.1, 0.15) is 88.7 Å². The minimum atomic E-state index is -1.14. The van der Waals surface area contributed by atoms with Crippen LogP contribution in [0.25, 0.3) is 0 Å². The van der Waals surface area contributed by atoms with E-state index in [1.54, 1.807) is 0 Å². The van der Waals surface area contributed by atoms with Crippen molar-refractivity contribution in [3.8, 4) is 0 Å². The first-order valence-electron chi connectivity index (χ1n) is 14.9. The standard InChI is InChI=1S/C14H20N4O4.C11H16O4.C3H6N4O/c1-10(9-13(19)22-11-5-3-2-4-6-11)14(20)21-8-7-12-15-17-18-16-12;1-8(11(13)14)7-10(12)15-9-5-3-2-4-6-9;8-2-1-3-4-6-7-5-3/h11H,1-9H2,(H,15,16,17,18);9H,1-7H2,(H,13,14);8H,1-2H2,(H,4,5,6,7). The van der Waals surface area contributed by atoms with E-state index in [0.29, 0.717) is 24.5 Å². The summed E-state index contributed by atoms with van der Waals surface area (Å²) in [6, 6.07) is 0. The molecule has 17 nitrogen and oxygen atoms in total. The third-order valence-electron chi connectivity index (χ3n) is 6.68. The van der Waals surface area contributed by atoms with E-state index in [4.69, 9.17) is 24.4 Å². The van der Waals surface area contributed by atoms with Crippen LogP contribution >= 0.6 is 0 Å². The number of hydrogen-bond acceptors (Lipinski definition) is 14. The first kappa shape index (κ1) is 36.7. The third kappa shape index (κ3) is 16.2. The zero-order valence-electron chi connectivity index (χ0n) is 25.3. The maximum absolute atomic E-state index is 11.8. The molecule has 0 atom stereocenters. The number of carboxylic acids is 1. The van der Waals surface area contributed by atoms with E-state index >= 15 is 0 Å². The maximum atomic E-state index is 11.8. The number of hydrogen-bond donors (Lipinski definition) is 4. The van der Waals surface area contributed by atoms with Crippen LogP contribution in [-0.2, 0) is 46.2 Å². The van der Waals surface area contributed by atoms with E-state index < -0.39 is 23.9 Å². The first-order chi connectivity index (χ1) is 21.7. The highest BCUT2D eigenvalue weighted by Crippen LogP contribution is 2.22. The molecule has 2 saturated carbocycles. The smallest absolute Gasteiger partial charge is 0.334 e. The van der Waals surface area contributed by atoms with E-state index in [2.05, 4.69) is 54.4 Å². The summed E-state index contributed by atoms with van der Waals surface area (Å²) in [5.41, 5.74) is -0.0234. The van der Waals surface area contributed by atoms with E-state index in [1.807, 2.05) is 0 Å². The maximum Gasteiger partial charge on any atom is 0.334 e. The average molecular weight is 635 g/mol. The number of nitrogens with zero attached hydrogens (tertiary/aromatic N) is 6. The molecule has 2 aliphatic rings. The van der Waals surface area contributed by atoms with Gasteiger partial charge in [-0.25, -0.2) is 9.59 Å². The SMILES string of the molecule is C=C(CC(=O)OC1CCCCC1)C(=O)O.C=C(CC(=O)OC1CCCCC1)C(=O)OCCc1nn[nH]n1.OCCc1nn[nH]n1. The third-order valence-corrected chi connectivity index (χ3v) is 6.68. The Bertz CT molecular complexity index is 1190. The van der Waals surface area contributed by atoms with Gasteiger partial charge in [0.05, 0.1) is 26.1 Å². The molecule has 2 aromatic rings. The molecule has 2 aromatic heterocycles. The Morgan fingerprint density at radius 3 is 1.62 bits per heavy atom. The Morgan fingerprint density at radius 1 is 0.733 bits per heavy atom. The summed E-state index contributed by atoms with van der Waals surface area (Å²) in [6.07, 6.45) is 10.7. The highest BCUT2D eigenvalue weighted by Gasteiger charge is 2.21. The molecule has 2 fully saturated rings. The molecule has 0 amide bonds. The summed E-state index contributed by atoms with van der Waals surface area (Å²) in [5, 5.41) is 42.8. The summed E-state index contributed by atoms with van der Waals surface area (Å²) in [7, 11) is 0. The van der Waals surface area contributed by atoms with Crippen molar-refractivity contribution in [3.05, 3.63) is 36.0 Å². The van der Waals surface area contributed by atoms with Gasteiger partial charge in [0, 0.05) is 24.0 Å². The summed E-state index contributed by atoms with van der Waals surface area (Å²) < 4.78 is 15.5. The topological polar surface area (TPSA) is 245 Å². The summed E-state index contributed by atoms with van der Waals surface area (Å²) in [6.45, 7) is 7.04. The molecule has 17 heteroatoms. The van der Waals surface area contributed by atoms with Crippen LogP contribution in [0, 0.1) is 0 Å². The summed E-state index contributed by atoms with van der Waals surface area (Å²) >= 11 is 0. The number of aliphatic hydroxyl groups is 1. The van der Waals surface area contributed by atoms with Gasteiger partial charge in [0.1, 0.15) is 12.2 Å². The van der Waals surface area contributed by atoms with E-state index in [9.17, 15) is 19.2 Å². The fourth-order valence-corrected chi connectivity index (χ4v) is 4.33. The van der Waals surface area contributed by atoms with Crippen molar-refractivity contribution < 1.29 is 43.6 Å². The number of aromatic amines is 2. The van der Waals surface area contributed by atoms with Crippen LogP contribution in [0.4, 0.5) is 0 Å². The Hall–Kier alpha value is -4.54. The predicted molar refractivity (Wildman–Crippen MR) is 155 cm³/mol. The first-order valence-corrected chi connectivity index (χ1v) is 14.9. The van der Waals surface area contributed by atoms with E-state index in [1.165, 1.54) is 12.8 Å². The molecule has 0 radical (unpaired) electrons. The lowest BCUT2D eigenvalue weighted by molar-refractivity contribution is -0.151. The Morgan fingerprint density at radius 2 is 1.20 bits per heavy atom. The van der Waals surface area contributed by atoms with Crippen LogP contribution in [0.15, 0.2) is 24.3 Å². The number of aliphatic hydroxyl groups excluding tert-OH is 1. The number of tetrazole rings is 2. The Kier molecular flexibility index (Phi) is 17.3. The quantitative estimate of drug-likeness (QED) is 0.139. The number of esters is 3. The zero-order valence-corrected chi connectivity index (χ0v) is 25.3. The van der Waals surface area contributed by atoms with Gasteiger partial charge in [0.2, 0.25) is 0 Å². The number of carbonyl (C=O) groups excluding carboxylic acids is 3. The zero-order chi connectivity index (χ0) is 32.9. The van der Waals surface area contributed by atoms with Crippen LogP contribution in [0.3, 0.4) is 0 Å². The summed E-state index contributed by atoms with van der Waals surface area (Å²) in [4.78, 5) is 45.2. The molecule has 0 aliphatic heterocycles. The Labute approximate surface area is 260 Å². The molecule has 0 spiro atoms. The van der Waals surface area contributed by atoms with Gasteiger partial charge in [-0.3, -0.25) is 9.59 Å². The van der Waals surface area contributed by atoms with Gasteiger partial charge in [0.15, 0.2) is 11.6 Å². The summed E-state index contributed by atoms with van der Waals surface area (Å²) in [5.74, 6) is -1.65. The molecule has 4 rings (SSSR count). The minimum Gasteiger partial charge on any atom is -0.478 e. The van der Waals surface area contributed by atoms with Crippen molar-refractivity contribution in [1.29, 1.82) is 0 Å². The van der Waals surface area contributed by atoms with Crippen LogP contribution in [-0.4, -0.2) is 101 Å². The molecule has 0 saturated heterocycles. The lowest BCUT2D eigenvalue weighted by Crippen LogP contribution is -2.22. The van der Waals surface area contributed by atoms with Gasteiger partial charge in [-0.2, -0.15) is 10.4 Å². The molecular weight excluding hydrogens is 592 g/mol. The molecule has 4 N–H and O–H groups in total. The van der Waals surface area contributed by atoms with Crippen LogP contribution in [0.2, 0.25) is 0 Å². The fraction of sp³-hybridized carbons (Fsp3) is 0.643. The molecule has 248 valence electrons. The van der Waals surface area contributed by atoms with Crippen LogP contribution < -0.4 is 0 Å². The number of rotatable bonds is 13. The molecule has 2 aliphatic carbocycles. The van der Waals surface area contributed by atoms with Gasteiger partial charge in [0.25, 0.3) is 0 Å². The highest BCUT2D eigenvalue weighted by atomic mass is 16.6. The molecule has 45 heavy (non-hydrogen) atoms. The second-order valence-electron chi connectivity index (χ2n) is 10.4. The predicted octanol–water partition coefficient (Wildman–Crippen LogP) is 1.74. The second-order valence-corrected chi connectivity index (χ2v) is 10.4. The molecule has 0 aromatic carbocycles. The number of aliphatic carboxylic acids is 1. The average Bonchev–Trinajstić information content (AvgIpc) is 3.74. The van der Waals surface area contributed by atoms with Crippen molar-refractivity contribution in [1.82, 2.24) is 41.2 Å². The number of ether oxygens (including phenoxy) is 3. The van der Waals surface area contributed by atoms with Crippen molar-refractivity contribution >= 4 is 23.9 Å². The van der Waals surface area contributed by atoms with Gasteiger partial charge >= 0.3 is 23.9 Å². The number of aromatic nitrogens is 8. The van der Waals surface area contributed by atoms with E-state index in [-0.39, 0.29) is 49.4 Å². The van der Waals surface area contributed by atoms with Gasteiger partial charge < -0.3 is 24.4 Å². The van der Waals surface area contributed by atoms with Crippen molar-refractivity contribution in [2.45, 2.75) is 102 Å². The van der Waals surface area contributed by atoms with Gasteiger partial charge in [-0.15, -0.1) is 20.4 Å². The largest absolute Gasteiger partial charge is 0.478 e. The van der Waals surface area contributed by atoms with Crippen molar-refractivity contribution in [2.24, 2.45) is 0 Å². The van der Waals surface area contributed by atoms with Gasteiger partial charge in [-0.05, 0) is 51.4 Å². The van der Waals surface area contributed by atoms with Crippen molar-refractivity contribution in [3.63, 3.8) is 0 Å². The monoisotopic (exact) mass is 634 g/mol. The molecule has 0 unspecified atom stereocenters. The molecule has 0 bridgehead atoms. The van der Waals surface area contributed by atoms with Gasteiger partial charge in [-0.1, -0.05) is 36.4 Å². The minimum absolute atomic E-state index is 0.0205. The van der Waals surface area contributed by atoms with Crippen molar-refractivity contribution in [2.75, 3.05) is 13.2 Å². The second kappa shape index (κ2) is 21.2.